The van der Waals surface area contributed by atoms with Crippen LogP contribution in [0.2, 0.25) is 0 Å². The molecule has 0 radical (unpaired) electrons. The van der Waals surface area contributed by atoms with Crippen LogP contribution in [0.1, 0.15) is 42.6 Å². The Kier molecular flexibility index (Phi) is 4.75. The van der Waals surface area contributed by atoms with Crippen molar-refractivity contribution in [2.75, 3.05) is 20.2 Å². The highest BCUT2D eigenvalue weighted by Crippen LogP contribution is 2.36. The molecule has 0 unspecified atom stereocenters. The smallest absolute Gasteiger partial charge is 0.273 e. The van der Waals surface area contributed by atoms with Crippen molar-refractivity contribution in [2.24, 2.45) is 11.8 Å². The molecule has 0 spiro atoms. The van der Waals surface area contributed by atoms with Gasteiger partial charge in [-0.3, -0.25) is 4.79 Å². The average Bonchev–Trinajstić information content (AvgIpc) is 3.17. The Morgan fingerprint density at radius 3 is 2.68 bits per heavy atom. The molecule has 1 aliphatic heterocycles. The van der Waals surface area contributed by atoms with Crippen molar-refractivity contribution in [1.29, 1.82) is 0 Å². The van der Waals surface area contributed by atoms with Gasteiger partial charge in [0.05, 0.1) is 7.11 Å². The Morgan fingerprint density at radius 2 is 1.92 bits per heavy atom. The van der Waals surface area contributed by atoms with Crippen LogP contribution < -0.4 is 4.74 Å². The molecule has 5 heteroatoms. The number of likely N-dealkylation sites (tertiary alicyclic amines) is 1. The molecule has 2 atom stereocenters. The first kappa shape index (κ1) is 16.6. The number of methoxy groups -OCH3 is 1. The van der Waals surface area contributed by atoms with Gasteiger partial charge < -0.3 is 9.64 Å². The molecular weight excluding hydrogens is 332 g/mol. The molecule has 0 N–H and O–H groups in total. The highest BCUT2D eigenvalue weighted by molar-refractivity contribution is 7.13. The number of piperidine rings is 1. The van der Waals surface area contributed by atoms with Crippen molar-refractivity contribution >= 4 is 17.2 Å². The molecule has 1 amide bonds. The van der Waals surface area contributed by atoms with E-state index in [1.807, 2.05) is 34.5 Å². The second kappa shape index (κ2) is 7.16. The lowest BCUT2D eigenvalue weighted by Crippen LogP contribution is -2.44. The zero-order valence-electron chi connectivity index (χ0n) is 14.6. The van der Waals surface area contributed by atoms with Gasteiger partial charge in [-0.15, -0.1) is 11.3 Å². The summed E-state index contributed by atoms with van der Waals surface area (Å²) in [6.45, 7) is 1.80. The first-order valence-corrected chi connectivity index (χ1v) is 10.0. The molecule has 2 aliphatic rings. The number of fused-ring (bicyclic) bond motifs is 1. The standard InChI is InChI=1S/C20H24N2O2S/c1-24-17-8-6-15(7-9-17)19-21-18(13-25-19)20(23)22-11-10-14-4-2-3-5-16(14)12-22/h6-9,13-14,16H,2-5,10-12H2,1H3/t14-,16-/m0/s1. The van der Waals surface area contributed by atoms with E-state index in [1.165, 1.54) is 37.0 Å². The van der Waals surface area contributed by atoms with Gasteiger partial charge in [0.1, 0.15) is 16.5 Å². The normalized spacial score (nSPS) is 23.2. The number of carbonyl (C=O) groups is 1. The minimum atomic E-state index is 0.0973. The maximum Gasteiger partial charge on any atom is 0.273 e. The van der Waals surface area contributed by atoms with Crippen molar-refractivity contribution in [3.05, 3.63) is 35.3 Å². The summed E-state index contributed by atoms with van der Waals surface area (Å²) in [7, 11) is 1.66. The number of rotatable bonds is 3. The second-order valence-corrected chi connectivity index (χ2v) is 7.97. The quantitative estimate of drug-likeness (QED) is 0.815. The SMILES string of the molecule is COc1ccc(-c2nc(C(=O)N3CC[C@@H]4CCCC[C@H]4C3)cs2)cc1. The molecule has 132 valence electrons. The first-order valence-electron chi connectivity index (χ1n) is 9.14. The molecule has 1 aliphatic carbocycles. The lowest BCUT2D eigenvalue weighted by atomic mass is 9.75. The number of carbonyl (C=O) groups excluding carboxylic acids is 1. The van der Waals surface area contributed by atoms with Gasteiger partial charge in [-0.25, -0.2) is 4.98 Å². The van der Waals surface area contributed by atoms with Gasteiger partial charge in [-0.05, 0) is 48.9 Å². The largest absolute Gasteiger partial charge is 0.497 e. The predicted octanol–water partition coefficient (Wildman–Crippen LogP) is 4.47. The lowest BCUT2D eigenvalue weighted by molar-refractivity contribution is 0.0516. The van der Waals surface area contributed by atoms with Crippen LogP contribution in [0.15, 0.2) is 29.6 Å². The maximum atomic E-state index is 12.9. The predicted molar refractivity (Wildman–Crippen MR) is 100 cm³/mol. The van der Waals surface area contributed by atoms with Gasteiger partial charge in [0.25, 0.3) is 5.91 Å². The Balaban J connectivity index is 1.46. The van der Waals surface area contributed by atoms with Gasteiger partial charge in [-0.2, -0.15) is 0 Å². The van der Waals surface area contributed by atoms with Crippen molar-refractivity contribution in [1.82, 2.24) is 9.88 Å². The van der Waals surface area contributed by atoms with Crippen molar-refractivity contribution < 1.29 is 9.53 Å². The number of thiazole rings is 1. The average molecular weight is 356 g/mol. The number of hydrogen-bond donors (Lipinski definition) is 0. The minimum absolute atomic E-state index is 0.0973. The lowest BCUT2D eigenvalue weighted by Gasteiger charge is -2.41. The molecular formula is C20H24N2O2S. The minimum Gasteiger partial charge on any atom is -0.497 e. The van der Waals surface area contributed by atoms with E-state index < -0.39 is 0 Å². The van der Waals surface area contributed by atoms with E-state index >= 15 is 0 Å². The third-order valence-electron chi connectivity index (χ3n) is 5.64. The molecule has 1 aromatic heterocycles. The Morgan fingerprint density at radius 1 is 1.16 bits per heavy atom. The molecule has 1 saturated carbocycles. The molecule has 0 bridgehead atoms. The molecule has 2 fully saturated rings. The molecule has 1 aromatic carbocycles. The fourth-order valence-corrected chi connectivity index (χ4v) is 4.99. The fourth-order valence-electron chi connectivity index (χ4n) is 4.19. The highest BCUT2D eigenvalue weighted by atomic mass is 32.1. The highest BCUT2D eigenvalue weighted by Gasteiger charge is 2.33. The Labute approximate surface area is 152 Å². The summed E-state index contributed by atoms with van der Waals surface area (Å²) in [4.78, 5) is 19.5. The molecule has 1 saturated heterocycles. The van der Waals surface area contributed by atoms with Crippen molar-refractivity contribution in [2.45, 2.75) is 32.1 Å². The third-order valence-corrected chi connectivity index (χ3v) is 6.53. The maximum absolute atomic E-state index is 12.9. The third kappa shape index (κ3) is 3.43. The van der Waals surface area contributed by atoms with Crippen LogP contribution in [0.3, 0.4) is 0 Å². The zero-order chi connectivity index (χ0) is 17.2. The van der Waals surface area contributed by atoms with Crippen LogP contribution in [0.5, 0.6) is 5.75 Å². The van der Waals surface area contributed by atoms with Crippen molar-refractivity contribution in [3.63, 3.8) is 0 Å². The number of aromatic nitrogens is 1. The molecule has 2 heterocycles. The zero-order valence-corrected chi connectivity index (χ0v) is 15.4. The van der Waals surface area contributed by atoms with E-state index in [-0.39, 0.29) is 5.91 Å². The van der Waals surface area contributed by atoms with Crippen LogP contribution in [-0.2, 0) is 0 Å². The van der Waals surface area contributed by atoms with Crippen LogP contribution in [0.25, 0.3) is 10.6 Å². The summed E-state index contributed by atoms with van der Waals surface area (Å²) < 4.78 is 5.19. The molecule has 25 heavy (non-hydrogen) atoms. The Bertz CT molecular complexity index is 740. The van der Waals surface area contributed by atoms with E-state index in [0.29, 0.717) is 11.6 Å². The monoisotopic (exact) mass is 356 g/mol. The summed E-state index contributed by atoms with van der Waals surface area (Å²) in [6, 6.07) is 7.82. The summed E-state index contributed by atoms with van der Waals surface area (Å²) in [5, 5.41) is 2.79. The van der Waals surface area contributed by atoms with E-state index in [9.17, 15) is 4.79 Å². The summed E-state index contributed by atoms with van der Waals surface area (Å²) in [5.41, 5.74) is 1.61. The number of hydrogen-bond acceptors (Lipinski definition) is 4. The van der Waals surface area contributed by atoms with Gasteiger partial charge in [-0.1, -0.05) is 19.3 Å². The fraction of sp³-hybridized carbons (Fsp3) is 0.500. The van der Waals surface area contributed by atoms with Crippen LogP contribution >= 0.6 is 11.3 Å². The first-order chi connectivity index (χ1) is 12.2. The van der Waals surface area contributed by atoms with E-state index in [4.69, 9.17) is 4.74 Å². The summed E-state index contributed by atoms with van der Waals surface area (Å²) >= 11 is 1.53. The van der Waals surface area contributed by atoms with Crippen LogP contribution in [0, 0.1) is 11.8 Å². The van der Waals surface area contributed by atoms with E-state index in [0.717, 1.165) is 41.7 Å². The number of amides is 1. The Hall–Kier alpha value is -1.88. The van der Waals surface area contributed by atoms with Gasteiger partial charge in [0, 0.05) is 24.0 Å². The van der Waals surface area contributed by atoms with Crippen molar-refractivity contribution in [3.8, 4) is 16.3 Å². The second-order valence-electron chi connectivity index (χ2n) is 7.11. The number of nitrogens with zero attached hydrogens (tertiary/aromatic N) is 2. The molecule has 4 rings (SSSR count). The van der Waals surface area contributed by atoms with Gasteiger partial charge in [0.15, 0.2) is 0 Å². The van der Waals surface area contributed by atoms with Gasteiger partial charge in [0.2, 0.25) is 0 Å². The molecule has 4 nitrogen and oxygen atoms in total. The molecule has 2 aromatic rings. The van der Waals surface area contributed by atoms with Crippen LogP contribution in [-0.4, -0.2) is 36.0 Å². The number of ether oxygens (including phenoxy) is 1. The van der Waals surface area contributed by atoms with E-state index in [2.05, 4.69) is 4.98 Å². The summed E-state index contributed by atoms with van der Waals surface area (Å²) in [6.07, 6.45) is 6.48. The topological polar surface area (TPSA) is 42.4 Å². The van der Waals surface area contributed by atoms with Gasteiger partial charge >= 0.3 is 0 Å². The number of benzene rings is 1. The summed E-state index contributed by atoms with van der Waals surface area (Å²) in [5.74, 6) is 2.46. The van der Waals surface area contributed by atoms with Crippen LogP contribution in [0.4, 0.5) is 0 Å². The van der Waals surface area contributed by atoms with E-state index in [1.54, 1.807) is 7.11 Å².